The molecule has 20 rings (SSSR count). The van der Waals surface area contributed by atoms with Crippen molar-refractivity contribution < 1.29 is 107 Å². The number of Topliss-reactive ketones (excluding diaryl/α,β-unsaturated/α-hetero) is 3. The average Bonchev–Trinajstić information content (AvgIpc) is 1.64. The second kappa shape index (κ2) is 42.1. The lowest BCUT2D eigenvalue weighted by Gasteiger charge is -2.64. The summed E-state index contributed by atoms with van der Waals surface area (Å²) in [6.45, 7) is 23.9. The Kier molecular flexibility index (Phi) is 33.5. The van der Waals surface area contributed by atoms with Gasteiger partial charge in [-0.05, 0) is 215 Å². The lowest BCUT2D eigenvalue weighted by molar-refractivity contribution is -0.344. The number of rotatable bonds is 33. The highest BCUT2D eigenvalue weighted by Crippen LogP contribution is 2.69. The molecule has 0 spiro atoms. The number of hydrogen-bond acceptors (Lipinski definition) is 19. The van der Waals surface area contributed by atoms with E-state index < -0.39 is 55.2 Å². The number of aliphatic carboxylic acids is 2. The van der Waals surface area contributed by atoms with Crippen molar-refractivity contribution in [1.29, 1.82) is 0 Å². The summed E-state index contributed by atoms with van der Waals surface area (Å²) in [5.41, 5.74) is 17.3. The van der Waals surface area contributed by atoms with Gasteiger partial charge in [0.05, 0.1) is 53.2 Å². The zero-order valence-electron chi connectivity index (χ0n) is 75.9. The first-order valence-corrected chi connectivity index (χ1v) is 46.3. The van der Waals surface area contributed by atoms with Gasteiger partial charge >= 0.3 is 40.6 Å². The van der Waals surface area contributed by atoms with Gasteiger partial charge in [0.2, 0.25) is 11.8 Å². The number of benzene rings is 4. The highest BCUT2D eigenvalue weighted by molar-refractivity contribution is 6.48. The quantitative estimate of drug-likeness (QED) is 0.0206. The lowest BCUT2D eigenvalue weighted by Crippen LogP contribution is -3.00. The monoisotopic (exact) mass is 1770 g/mol. The summed E-state index contributed by atoms with van der Waals surface area (Å²) >= 11 is 0. The predicted octanol–water partition coefficient (Wildman–Crippen LogP) is 9.93. The Labute approximate surface area is 751 Å². The van der Waals surface area contributed by atoms with E-state index in [1.807, 2.05) is 121 Å². The largest absolute Gasteiger partial charge is 1.00 e. The van der Waals surface area contributed by atoms with E-state index in [0.717, 1.165) is 97.3 Å². The van der Waals surface area contributed by atoms with Crippen LogP contribution >= 0.6 is 0 Å². The standard InChI is InChI=1S/C27H38BNO4.C25H36BNO3.C17H24BNO4.C15H26BNO2.C10H13NO2.C2HF3O2.ClH/c1-17(30)29-22(13-18-8-6-5-7-9-18)23(31)16-21(12-19-10-11-19)28-32-25-15-20-14-24(26(20,2)3)27(25,4)33-28;1-24(2)18-13-22(24)25(3)23(14-18)29-26(30-25)19(11-17-9-10-17)15-21(28)20(27)12-16-7-5-4-6-8-16;1-12(20)19-16(10-13-5-3-2-4-6-13)17(21)11-15(18(22)23)9-14-7-8-14;1-14(2)10-7-11(14)15(3)12(8-10)18-16(19-15)13(17)6-9-4-5-9;1-11-9(10(12)13)7-8-5-3-2-4-6-8;3-2(4,5)1(6)7;/h5-9,19-22,24-25H,10-16H2,1-4H3,(H,29,30);4-8,17-20,22-23H,9-15,27H2,1-3H3;2-6,14-16,22-23H,7-11H2,1H3,(H,19,20);9-13H,4-8,17H2,1-3H3;2-6,9,11H,7H2,1H3,(H,12,13);(H,6,7);1H/p-2/t20-,21+,22?,24-,25+,27-;18-,19+,20?,22-,23+,25-;15-,16?;10-,11-,12+,13-,15-;;;/m0010.../s1. The van der Waals surface area contributed by atoms with Gasteiger partial charge in [0.15, 0.2) is 11.6 Å². The average molecular weight is 1770 g/mol. The molecule has 0 aromatic heterocycles. The van der Waals surface area contributed by atoms with E-state index in [0.29, 0.717) is 96.7 Å². The molecule has 13 saturated carbocycles. The van der Waals surface area contributed by atoms with Crippen molar-refractivity contribution >= 4 is 69.6 Å². The topological polar surface area (TPSA) is 347 Å². The maximum atomic E-state index is 13.5. The fourth-order valence-corrected chi connectivity index (χ4v) is 22.4. The first kappa shape index (κ1) is 100. The summed E-state index contributed by atoms with van der Waals surface area (Å²) in [4.78, 5) is 81.8. The van der Waals surface area contributed by atoms with Gasteiger partial charge < -0.3 is 92.8 Å². The summed E-state index contributed by atoms with van der Waals surface area (Å²) in [6, 6.07) is 36.9. The molecule has 4 unspecified atom stereocenters. The van der Waals surface area contributed by atoms with Crippen LogP contribution in [0.15, 0.2) is 121 Å². The van der Waals surface area contributed by atoms with E-state index in [9.17, 15) is 52.0 Å². The summed E-state index contributed by atoms with van der Waals surface area (Å²) in [7, 11) is -0.583. The Morgan fingerprint density at radius 1 is 0.468 bits per heavy atom. The van der Waals surface area contributed by atoms with Crippen LogP contribution in [0.25, 0.3) is 0 Å². The van der Waals surface area contributed by atoms with Crippen molar-refractivity contribution in [2.45, 2.75) is 326 Å². The fraction of sp³-hybridized carbons (Fsp3) is 0.677. The molecule has 20 atom stereocenters. The zero-order valence-corrected chi connectivity index (χ0v) is 76.6. The molecule has 30 heteroatoms. The molecule has 4 aromatic rings. The van der Waals surface area contributed by atoms with Gasteiger partial charge in [-0.15, -0.1) is 0 Å². The number of alkyl halides is 3. The first-order chi connectivity index (χ1) is 59.0. The Balaban J connectivity index is 0.000000154. The Morgan fingerprint density at radius 3 is 1.08 bits per heavy atom. The minimum absolute atomic E-state index is 0. The lowest BCUT2D eigenvalue weighted by atomic mass is 9.43. The molecule has 10 N–H and O–H groups in total. The number of nitrogens with one attached hydrogen (secondary N) is 3. The van der Waals surface area contributed by atoms with Crippen LogP contribution in [0.2, 0.25) is 17.5 Å². The number of carbonyl (C=O) groups excluding carboxylic acids is 6. The molecule has 16 fully saturated rings. The van der Waals surface area contributed by atoms with E-state index in [1.165, 1.54) is 71.6 Å². The van der Waals surface area contributed by atoms with Crippen LogP contribution in [0.5, 0.6) is 0 Å². The second-order valence-electron chi connectivity index (χ2n) is 41.4. The molecular weight excluding hydrogens is 1630 g/mol. The zero-order chi connectivity index (χ0) is 90.5. The predicted molar refractivity (Wildman–Crippen MR) is 473 cm³/mol. The number of carboxylic acids is 2. The third kappa shape index (κ3) is 25.1. The van der Waals surface area contributed by atoms with Gasteiger partial charge in [0.25, 0.3) is 0 Å². The van der Waals surface area contributed by atoms with E-state index >= 15 is 0 Å². The highest BCUT2D eigenvalue weighted by atomic mass is 35.5. The molecule has 6 bridgehead atoms. The minimum Gasteiger partial charge on any atom is -1.00 e. The molecule has 0 radical (unpaired) electrons. The molecule has 690 valence electrons. The van der Waals surface area contributed by atoms with Crippen LogP contribution in [0.4, 0.5) is 13.2 Å². The summed E-state index contributed by atoms with van der Waals surface area (Å²) < 4.78 is 70.7. The van der Waals surface area contributed by atoms with Crippen molar-refractivity contribution in [2.75, 3.05) is 7.05 Å². The minimum atomic E-state index is -5.19. The van der Waals surface area contributed by atoms with Crippen molar-refractivity contribution in [3.8, 4) is 0 Å². The van der Waals surface area contributed by atoms with Gasteiger partial charge in [-0.2, -0.15) is 13.2 Å². The molecule has 13 aliphatic carbocycles. The smallest absolute Gasteiger partial charge is 0.475 e. The molecule has 22 nitrogen and oxygen atoms in total. The van der Waals surface area contributed by atoms with E-state index in [-0.39, 0.29) is 122 Å². The first-order valence-electron chi connectivity index (χ1n) is 46.3. The number of nitrogens with two attached hydrogens (primary N) is 2. The number of amides is 2. The fourth-order valence-electron chi connectivity index (χ4n) is 22.4. The Bertz CT molecular complexity index is 4290. The van der Waals surface area contributed by atoms with Crippen molar-refractivity contribution in [3.63, 3.8) is 0 Å². The van der Waals surface area contributed by atoms with Crippen molar-refractivity contribution in [2.24, 2.45) is 86.9 Å². The third-order valence-electron chi connectivity index (χ3n) is 31.1. The molecule has 2 amide bonds. The molecular formula is C96H137B4ClF3N5O17-2. The molecule has 4 aromatic carbocycles. The van der Waals surface area contributed by atoms with E-state index in [2.05, 4.69) is 78.3 Å². The van der Waals surface area contributed by atoms with Crippen LogP contribution in [0.1, 0.15) is 233 Å². The second-order valence-corrected chi connectivity index (χ2v) is 41.4. The van der Waals surface area contributed by atoms with Crippen LogP contribution in [-0.4, -0.2) is 163 Å². The maximum absolute atomic E-state index is 13.5. The summed E-state index contributed by atoms with van der Waals surface area (Å²) in [5, 5.41) is 44.9. The number of ketones is 3. The van der Waals surface area contributed by atoms with Gasteiger partial charge in [-0.1, -0.05) is 214 Å². The van der Waals surface area contributed by atoms with Crippen LogP contribution in [0, 0.1) is 75.4 Å². The number of carbonyl (C=O) groups is 7. The van der Waals surface area contributed by atoms with Crippen LogP contribution in [0.3, 0.4) is 0 Å². The number of halogens is 4. The van der Waals surface area contributed by atoms with Crippen LogP contribution in [-0.2, 0) is 87.2 Å². The molecule has 3 aliphatic heterocycles. The number of carboxylic acid groups (broad SMARTS) is 2. The third-order valence-corrected chi connectivity index (χ3v) is 31.1. The van der Waals surface area contributed by atoms with Gasteiger partial charge in [0.1, 0.15) is 17.8 Å². The molecule has 16 aliphatic rings. The van der Waals surface area contributed by atoms with E-state index in [1.54, 1.807) is 7.05 Å². The molecule has 126 heavy (non-hydrogen) atoms. The number of likely N-dealkylation sites (N-methyl/N-ethyl adjacent to an activating group) is 1. The van der Waals surface area contributed by atoms with Crippen molar-refractivity contribution in [3.05, 3.63) is 144 Å². The Morgan fingerprint density at radius 2 is 0.770 bits per heavy atom. The molecule has 3 heterocycles. The van der Waals surface area contributed by atoms with Gasteiger partial charge in [0, 0.05) is 56.5 Å². The summed E-state index contributed by atoms with van der Waals surface area (Å²) in [6.07, 6.45) is 19.1. The van der Waals surface area contributed by atoms with Gasteiger partial charge in [-0.3, -0.25) is 28.8 Å². The highest BCUT2D eigenvalue weighted by Gasteiger charge is 2.71. The normalized spacial score (nSPS) is 29.6. The summed E-state index contributed by atoms with van der Waals surface area (Å²) in [5.74, 6) is 2.30. The van der Waals surface area contributed by atoms with E-state index in [4.69, 9.17) is 54.4 Å². The molecule has 3 saturated heterocycles. The Hall–Kier alpha value is -6.33. The van der Waals surface area contributed by atoms with Crippen molar-refractivity contribution in [1.82, 2.24) is 16.0 Å². The van der Waals surface area contributed by atoms with Gasteiger partial charge in [-0.25, -0.2) is 0 Å². The SMILES string of the molecule is CC(=O)NC(Cc1ccccc1)C(=O)C[C@@H](CC1CC1)B(O)O.CC(=O)NC(Cc1ccccc1)C(=O)C[C@@H](CC1CC1)B1O[C@@H]2C[C@@H]3C[C@@H](C3(C)C)[C@]2(C)O1.CC1(C)[C@@H]2C[C@H]3OB([C@@H](CC(=O)C(N)Cc4ccccc4)CC4CC4)O[C@@]3(C)[C@H]1C2.CC1(C)[C@@H]2C[C@H]3OB([C@@H](N)CC4CC4)O[C@@]3(C)[C@H]1C2.CNC(Cc1ccccc1)C(=O)O.O=C([O-])C(F)(F)F.[Cl-]. The van der Waals surface area contributed by atoms with Crippen LogP contribution < -0.4 is 44.9 Å². The number of hydrogen-bond donors (Lipinski definition) is 8. The maximum Gasteiger partial charge on any atom is 0.475 e.